The first-order valence-electron chi connectivity index (χ1n) is 10.5. The normalized spacial score (nSPS) is 13.9. The van der Waals surface area contributed by atoms with Crippen molar-refractivity contribution in [3.05, 3.63) is 107 Å². The van der Waals surface area contributed by atoms with Crippen LogP contribution in [0.25, 0.3) is 0 Å². The van der Waals surface area contributed by atoms with Gasteiger partial charge in [0.25, 0.3) is 5.91 Å². The number of carbonyl (C=O) groups excluding carboxylic acids is 2. The molecule has 3 aromatic rings. The van der Waals surface area contributed by atoms with E-state index in [0.717, 1.165) is 25.2 Å². The van der Waals surface area contributed by atoms with Gasteiger partial charge in [0, 0.05) is 29.8 Å². The first kappa shape index (κ1) is 20.0. The summed E-state index contributed by atoms with van der Waals surface area (Å²) in [6, 6.07) is 24.3. The molecule has 0 atom stereocenters. The van der Waals surface area contributed by atoms with E-state index in [1.165, 1.54) is 18.4 Å². The summed E-state index contributed by atoms with van der Waals surface area (Å²) < 4.78 is 0. The Bertz CT molecular complexity index is 1010. The highest BCUT2D eigenvalue weighted by molar-refractivity contribution is 6.09. The maximum absolute atomic E-state index is 12.6. The maximum Gasteiger partial charge on any atom is 0.251 e. The summed E-state index contributed by atoms with van der Waals surface area (Å²) in [6.45, 7) is 3.72. The quantitative estimate of drug-likeness (QED) is 0.599. The van der Waals surface area contributed by atoms with E-state index in [0.29, 0.717) is 23.2 Å². The number of ketones is 1. The summed E-state index contributed by atoms with van der Waals surface area (Å²) >= 11 is 0. The first-order chi connectivity index (χ1) is 14.7. The van der Waals surface area contributed by atoms with E-state index < -0.39 is 0 Å². The molecule has 1 fully saturated rings. The second-order valence-electron chi connectivity index (χ2n) is 7.71. The number of nitrogens with zero attached hydrogens (tertiary/aromatic N) is 1. The van der Waals surface area contributed by atoms with Gasteiger partial charge in [-0.05, 0) is 49.2 Å². The van der Waals surface area contributed by atoms with Crippen molar-refractivity contribution in [2.45, 2.75) is 25.9 Å². The third-order valence-corrected chi connectivity index (χ3v) is 5.60. The SMILES string of the molecule is O=C(NCc1ccccc1CN1CCCC1)c1ccc(C(=O)c2ccccc2)cc1. The van der Waals surface area contributed by atoms with Gasteiger partial charge in [-0.25, -0.2) is 0 Å². The Morgan fingerprint density at radius 1 is 0.700 bits per heavy atom. The Labute approximate surface area is 177 Å². The van der Waals surface area contributed by atoms with Gasteiger partial charge >= 0.3 is 0 Å². The molecule has 1 heterocycles. The lowest BCUT2D eigenvalue weighted by molar-refractivity contribution is 0.0949. The molecule has 30 heavy (non-hydrogen) atoms. The lowest BCUT2D eigenvalue weighted by atomic mass is 10.0. The van der Waals surface area contributed by atoms with Crippen molar-refractivity contribution >= 4 is 11.7 Å². The third-order valence-electron chi connectivity index (χ3n) is 5.60. The summed E-state index contributed by atoms with van der Waals surface area (Å²) in [4.78, 5) is 27.6. The predicted molar refractivity (Wildman–Crippen MR) is 118 cm³/mol. The molecule has 0 aliphatic carbocycles. The second kappa shape index (κ2) is 9.51. The molecule has 152 valence electrons. The molecule has 0 saturated carbocycles. The number of hydrogen-bond acceptors (Lipinski definition) is 3. The number of nitrogens with one attached hydrogen (secondary N) is 1. The molecule has 0 spiro atoms. The summed E-state index contributed by atoms with van der Waals surface area (Å²) in [5.74, 6) is -0.178. The van der Waals surface area contributed by atoms with Gasteiger partial charge in [0.05, 0.1) is 0 Å². The summed E-state index contributed by atoms with van der Waals surface area (Å²) in [5, 5.41) is 3.02. The maximum atomic E-state index is 12.6. The molecule has 1 aliphatic rings. The number of benzene rings is 3. The molecular weight excluding hydrogens is 372 g/mol. The van der Waals surface area contributed by atoms with E-state index in [-0.39, 0.29) is 11.7 Å². The molecule has 3 aromatic carbocycles. The van der Waals surface area contributed by atoms with Crippen molar-refractivity contribution in [2.75, 3.05) is 13.1 Å². The van der Waals surface area contributed by atoms with E-state index in [4.69, 9.17) is 0 Å². The lowest BCUT2D eigenvalue weighted by Gasteiger charge is -2.17. The molecule has 1 amide bonds. The van der Waals surface area contributed by atoms with Crippen LogP contribution in [-0.2, 0) is 13.1 Å². The highest BCUT2D eigenvalue weighted by Gasteiger charge is 2.14. The molecule has 0 unspecified atom stereocenters. The van der Waals surface area contributed by atoms with Crippen LogP contribution >= 0.6 is 0 Å². The molecule has 0 aromatic heterocycles. The monoisotopic (exact) mass is 398 g/mol. The first-order valence-corrected chi connectivity index (χ1v) is 10.5. The van der Waals surface area contributed by atoms with Crippen LogP contribution in [0.3, 0.4) is 0 Å². The van der Waals surface area contributed by atoms with E-state index >= 15 is 0 Å². The zero-order valence-electron chi connectivity index (χ0n) is 17.0. The van der Waals surface area contributed by atoms with Crippen molar-refractivity contribution in [1.29, 1.82) is 0 Å². The van der Waals surface area contributed by atoms with Crippen LogP contribution in [-0.4, -0.2) is 29.7 Å². The highest BCUT2D eigenvalue weighted by atomic mass is 16.1. The summed E-state index contributed by atoms with van der Waals surface area (Å²) in [6.07, 6.45) is 2.53. The highest BCUT2D eigenvalue weighted by Crippen LogP contribution is 2.16. The molecule has 1 aliphatic heterocycles. The lowest BCUT2D eigenvalue weighted by Crippen LogP contribution is -2.25. The molecule has 1 N–H and O–H groups in total. The van der Waals surface area contributed by atoms with E-state index in [1.54, 1.807) is 36.4 Å². The smallest absolute Gasteiger partial charge is 0.251 e. The number of rotatable bonds is 7. The van der Waals surface area contributed by atoms with Gasteiger partial charge < -0.3 is 5.32 Å². The van der Waals surface area contributed by atoms with E-state index in [9.17, 15) is 9.59 Å². The number of hydrogen-bond donors (Lipinski definition) is 1. The molecular formula is C26H26N2O2. The Kier molecular flexibility index (Phi) is 6.35. The zero-order chi connectivity index (χ0) is 20.8. The fourth-order valence-corrected chi connectivity index (χ4v) is 3.87. The number of amides is 1. The van der Waals surface area contributed by atoms with Crippen LogP contribution in [0.1, 0.15) is 50.2 Å². The predicted octanol–water partition coefficient (Wildman–Crippen LogP) is 4.44. The average Bonchev–Trinajstić information content (AvgIpc) is 3.31. The van der Waals surface area contributed by atoms with Crippen LogP contribution in [0.2, 0.25) is 0 Å². The third kappa shape index (κ3) is 4.84. The fourth-order valence-electron chi connectivity index (χ4n) is 3.87. The van der Waals surface area contributed by atoms with Gasteiger partial charge in [-0.1, -0.05) is 66.7 Å². The van der Waals surface area contributed by atoms with Crippen molar-refractivity contribution < 1.29 is 9.59 Å². The minimum atomic E-state index is -0.135. The molecule has 4 heteroatoms. The van der Waals surface area contributed by atoms with E-state index in [1.807, 2.05) is 24.3 Å². The van der Waals surface area contributed by atoms with E-state index in [2.05, 4.69) is 28.4 Å². The van der Waals surface area contributed by atoms with Gasteiger partial charge in [-0.15, -0.1) is 0 Å². The molecule has 0 radical (unpaired) electrons. The molecule has 0 bridgehead atoms. The van der Waals surface area contributed by atoms with Crippen LogP contribution in [0, 0.1) is 0 Å². The summed E-state index contributed by atoms with van der Waals surface area (Å²) in [7, 11) is 0. The Balaban J connectivity index is 1.38. The van der Waals surface area contributed by atoms with Crippen LogP contribution in [0.5, 0.6) is 0 Å². The molecule has 4 rings (SSSR count). The van der Waals surface area contributed by atoms with Crippen molar-refractivity contribution in [3.63, 3.8) is 0 Å². The minimum Gasteiger partial charge on any atom is -0.348 e. The standard InChI is InChI=1S/C26H26N2O2/c29-25(20-8-2-1-3-9-20)21-12-14-22(15-13-21)26(30)27-18-23-10-4-5-11-24(23)19-28-16-6-7-17-28/h1-5,8-15H,6-7,16-19H2,(H,27,30). The Morgan fingerprint density at radius 3 is 1.97 bits per heavy atom. The Hall–Kier alpha value is -3.24. The van der Waals surface area contributed by atoms with Crippen LogP contribution in [0.4, 0.5) is 0 Å². The summed E-state index contributed by atoms with van der Waals surface area (Å²) in [5.41, 5.74) is 4.19. The largest absolute Gasteiger partial charge is 0.348 e. The van der Waals surface area contributed by atoms with Crippen LogP contribution in [0.15, 0.2) is 78.9 Å². The van der Waals surface area contributed by atoms with Crippen molar-refractivity contribution in [3.8, 4) is 0 Å². The molecule has 1 saturated heterocycles. The van der Waals surface area contributed by atoms with Crippen LogP contribution < -0.4 is 5.32 Å². The number of carbonyl (C=O) groups is 2. The minimum absolute atomic E-state index is 0.0431. The van der Waals surface area contributed by atoms with Crippen molar-refractivity contribution in [1.82, 2.24) is 10.2 Å². The fraction of sp³-hybridized carbons (Fsp3) is 0.231. The topological polar surface area (TPSA) is 49.4 Å². The van der Waals surface area contributed by atoms with Gasteiger partial charge in [-0.2, -0.15) is 0 Å². The Morgan fingerprint density at radius 2 is 1.27 bits per heavy atom. The molecule has 4 nitrogen and oxygen atoms in total. The average molecular weight is 399 g/mol. The second-order valence-corrected chi connectivity index (χ2v) is 7.71. The number of likely N-dealkylation sites (tertiary alicyclic amines) is 1. The van der Waals surface area contributed by atoms with Crippen molar-refractivity contribution in [2.24, 2.45) is 0 Å². The van der Waals surface area contributed by atoms with Gasteiger partial charge in [0.15, 0.2) is 5.78 Å². The van der Waals surface area contributed by atoms with Gasteiger partial charge in [0.2, 0.25) is 0 Å². The zero-order valence-corrected chi connectivity index (χ0v) is 17.0. The van der Waals surface area contributed by atoms with Gasteiger partial charge in [0.1, 0.15) is 0 Å². The van der Waals surface area contributed by atoms with Gasteiger partial charge in [-0.3, -0.25) is 14.5 Å².